The number of aliphatic carboxylic acids is 1. The van der Waals surface area contributed by atoms with E-state index >= 15 is 0 Å². The van der Waals surface area contributed by atoms with Gasteiger partial charge in [0.1, 0.15) is 6.10 Å². The number of nitrogens with zero attached hydrogens (tertiary/aromatic N) is 1. The van der Waals surface area contributed by atoms with E-state index in [4.69, 9.17) is 4.74 Å². The van der Waals surface area contributed by atoms with Gasteiger partial charge in [0.15, 0.2) is 5.78 Å². The topological polar surface area (TPSA) is 95.9 Å². The minimum Gasteiger partial charge on any atom is -0.481 e. The summed E-state index contributed by atoms with van der Waals surface area (Å²) < 4.78 is 6.15. The highest BCUT2D eigenvalue weighted by Crippen LogP contribution is 2.72. The van der Waals surface area contributed by atoms with Gasteiger partial charge in [-0.3, -0.25) is 19.3 Å². The van der Waals surface area contributed by atoms with Gasteiger partial charge in [-0.1, -0.05) is 48.1 Å². The first-order valence-electron chi connectivity index (χ1n) is 19.2. The van der Waals surface area contributed by atoms with Crippen molar-refractivity contribution in [3.63, 3.8) is 0 Å². The number of fused-ring (bicyclic) bond motifs is 7. The van der Waals surface area contributed by atoms with Gasteiger partial charge in [-0.05, 0) is 143 Å². The first-order chi connectivity index (χ1) is 22.3. The summed E-state index contributed by atoms with van der Waals surface area (Å²) in [5.41, 5.74) is 2.36. The number of ketones is 1. The van der Waals surface area contributed by atoms with E-state index in [1.54, 1.807) is 13.8 Å². The normalized spacial score (nSPS) is 40.9. The largest absolute Gasteiger partial charge is 0.481 e. The van der Waals surface area contributed by atoms with Gasteiger partial charge in [-0.15, -0.1) is 0 Å². The molecule has 0 aromatic heterocycles. The molecule has 0 radical (unpaired) electrons. The lowest BCUT2D eigenvalue weighted by Crippen LogP contribution is -2.64. The predicted molar refractivity (Wildman–Crippen MR) is 189 cm³/mol. The number of likely N-dealkylation sites (tertiary alicyclic amines) is 1. The van der Waals surface area contributed by atoms with Crippen molar-refractivity contribution in [3.8, 4) is 0 Å². The van der Waals surface area contributed by atoms with Crippen molar-refractivity contribution in [1.29, 1.82) is 0 Å². The number of rotatable bonds is 8. The average molecular weight is 665 g/mol. The van der Waals surface area contributed by atoms with Crippen molar-refractivity contribution in [2.24, 2.45) is 51.2 Å². The summed E-state index contributed by atoms with van der Waals surface area (Å²) in [6.45, 7) is 23.0. The van der Waals surface area contributed by atoms with E-state index in [-0.39, 0.29) is 40.2 Å². The number of allylic oxidation sites excluding steroid dienone is 1. The first kappa shape index (κ1) is 35.7. The zero-order chi connectivity index (χ0) is 35.2. The predicted octanol–water partition coefficient (Wildman–Crippen LogP) is 7.94. The molecular weight excluding hydrogens is 600 g/mol. The molecule has 6 aliphatic rings. The molecule has 0 bridgehead atoms. The maximum atomic E-state index is 13.9. The highest BCUT2D eigenvalue weighted by Gasteiger charge is 2.67. The van der Waals surface area contributed by atoms with Crippen molar-refractivity contribution in [2.75, 3.05) is 13.6 Å². The number of hydrogen-bond donors (Lipinski definition) is 2. The molecule has 1 saturated heterocycles. The number of carbonyl (C=O) groups is 3. The Hall–Kier alpha value is -2.15. The molecule has 7 heteroatoms. The second-order valence-corrected chi connectivity index (χ2v) is 19.1. The van der Waals surface area contributed by atoms with E-state index < -0.39 is 17.4 Å². The second-order valence-electron chi connectivity index (χ2n) is 19.1. The third kappa shape index (κ3) is 5.42. The fourth-order valence-corrected chi connectivity index (χ4v) is 13.0. The Morgan fingerprint density at radius 3 is 2.31 bits per heavy atom. The van der Waals surface area contributed by atoms with E-state index in [1.807, 2.05) is 0 Å². The number of Topliss-reactive ketones (excluding diaryl/α,β-unsaturated/α-hetero) is 1. The summed E-state index contributed by atoms with van der Waals surface area (Å²) in [5.74, 6) is 1.18. The maximum Gasteiger partial charge on any atom is 0.309 e. The monoisotopic (exact) mass is 664 g/mol. The second kappa shape index (κ2) is 12.0. The van der Waals surface area contributed by atoms with Crippen LogP contribution in [-0.4, -0.2) is 59.0 Å². The van der Waals surface area contributed by atoms with Crippen LogP contribution < -0.4 is 5.32 Å². The number of carbonyl (C=O) groups excluding carboxylic acids is 2. The van der Waals surface area contributed by atoms with E-state index in [0.717, 1.165) is 69.2 Å². The molecule has 0 amide bonds. The van der Waals surface area contributed by atoms with Crippen LogP contribution in [0.1, 0.15) is 132 Å². The Balaban J connectivity index is 1.26. The smallest absolute Gasteiger partial charge is 0.309 e. The quantitative estimate of drug-likeness (QED) is 0.254. The Morgan fingerprint density at radius 2 is 1.69 bits per heavy atom. The number of ether oxygens (including phenoxy) is 1. The molecule has 0 spiro atoms. The number of nitrogens with one attached hydrogen (secondary N) is 1. The van der Waals surface area contributed by atoms with Gasteiger partial charge in [0, 0.05) is 23.6 Å². The van der Waals surface area contributed by atoms with Crippen molar-refractivity contribution in [2.45, 2.75) is 150 Å². The lowest BCUT2D eigenvalue weighted by molar-refractivity contribution is -0.213. The van der Waals surface area contributed by atoms with Crippen LogP contribution in [0, 0.1) is 51.2 Å². The summed E-state index contributed by atoms with van der Waals surface area (Å²) in [7, 11) is 2.20. The van der Waals surface area contributed by atoms with Gasteiger partial charge in [0.05, 0.1) is 17.4 Å². The average Bonchev–Trinajstić information content (AvgIpc) is 3.53. The van der Waals surface area contributed by atoms with Gasteiger partial charge in [0.2, 0.25) is 0 Å². The van der Waals surface area contributed by atoms with Crippen LogP contribution >= 0.6 is 0 Å². The summed E-state index contributed by atoms with van der Waals surface area (Å²) in [5, 5.41) is 13.6. The summed E-state index contributed by atoms with van der Waals surface area (Å²) >= 11 is 0. The first-order valence-corrected chi connectivity index (χ1v) is 19.2. The highest BCUT2D eigenvalue weighted by atomic mass is 16.5. The molecule has 4 saturated carbocycles. The SMILES string of the molecule is C=C(NC12CCC3C(CCC4C3(C)CCC3C(C)(C)C(OC(=O)CC(C)(C)C(=O)O)CCC34C)C1=C(C(C)C)C(=O)C2)C1CCCN1C. The molecule has 0 aromatic carbocycles. The molecule has 6 rings (SSSR count). The molecule has 1 heterocycles. The van der Waals surface area contributed by atoms with Gasteiger partial charge < -0.3 is 15.2 Å². The molecule has 9 atom stereocenters. The minimum atomic E-state index is -1.14. The Kier molecular flexibility index (Phi) is 8.90. The molecular formula is C41H64N2O5. The third-order valence-corrected chi connectivity index (χ3v) is 15.3. The van der Waals surface area contributed by atoms with Crippen LogP contribution in [-0.2, 0) is 19.1 Å². The van der Waals surface area contributed by atoms with Crippen molar-refractivity contribution in [1.82, 2.24) is 10.2 Å². The van der Waals surface area contributed by atoms with Gasteiger partial charge in [0.25, 0.3) is 0 Å². The molecule has 9 unspecified atom stereocenters. The third-order valence-electron chi connectivity index (χ3n) is 15.3. The maximum absolute atomic E-state index is 13.9. The Morgan fingerprint density at radius 1 is 1.00 bits per heavy atom. The van der Waals surface area contributed by atoms with Gasteiger partial charge >= 0.3 is 11.9 Å². The van der Waals surface area contributed by atoms with Crippen LogP contribution in [0.4, 0.5) is 0 Å². The van der Waals surface area contributed by atoms with Crippen LogP contribution in [0.3, 0.4) is 0 Å². The fraction of sp³-hybridized carbons (Fsp3) is 0.829. The molecule has 0 aromatic rings. The van der Waals surface area contributed by atoms with Crippen molar-refractivity contribution in [3.05, 3.63) is 23.4 Å². The lowest BCUT2D eigenvalue weighted by atomic mass is 9.37. The number of carboxylic acids is 1. The van der Waals surface area contributed by atoms with Crippen molar-refractivity contribution >= 4 is 17.7 Å². The number of hydrogen-bond acceptors (Lipinski definition) is 6. The van der Waals surface area contributed by atoms with Gasteiger partial charge in [-0.2, -0.15) is 0 Å². The van der Waals surface area contributed by atoms with E-state index in [9.17, 15) is 19.5 Å². The van der Waals surface area contributed by atoms with Crippen LogP contribution in [0.25, 0.3) is 0 Å². The highest BCUT2D eigenvalue weighted by molar-refractivity contribution is 6.01. The summed E-state index contributed by atoms with van der Waals surface area (Å²) in [6, 6.07) is 0.335. The molecule has 5 fully saturated rings. The van der Waals surface area contributed by atoms with Gasteiger partial charge in [-0.25, -0.2) is 0 Å². The summed E-state index contributed by atoms with van der Waals surface area (Å²) in [4.78, 5) is 41.1. The van der Waals surface area contributed by atoms with Crippen LogP contribution in [0.5, 0.6) is 0 Å². The Labute approximate surface area is 290 Å². The number of esters is 1. The standard InChI is InChI=1S/C41H64N2O5/c1-24(2)34-29(44)22-41(42-25(3)28-12-11-21-43(28)10)20-15-27-26(35(34)41)13-14-31-39(27,8)18-16-30-38(6,7)32(17-19-40(30,31)9)48-33(45)23-37(4,5)36(46)47/h24,26-28,30-32,42H,3,11-23H2,1-2,4-10H3,(H,46,47). The molecule has 48 heavy (non-hydrogen) atoms. The minimum absolute atomic E-state index is 0.113. The van der Waals surface area contributed by atoms with Crippen LogP contribution in [0.15, 0.2) is 23.4 Å². The molecule has 268 valence electrons. The van der Waals surface area contributed by atoms with E-state index in [0.29, 0.717) is 41.9 Å². The molecule has 1 aliphatic heterocycles. The lowest BCUT2D eigenvalue weighted by Gasteiger charge is -2.68. The number of carboxylic acid groups (broad SMARTS) is 1. The Bertz CT molecular complexity index is 1390. The summed E-state index contributed by atoms with van der Waals surface area (Å²) in [6.07, 6.45) is 11.1. The zero-order valence-electron chi connectivity index (χ0n) is 31.5. The van der Waals surface area contributed by atoms with Crippen LogP contribution in [0.2, 0.25) is 0 Å². The molecule has 5 aliphatic carbocycles. The number of likely N-dealkylation sites (N-methyl/N-ethyl adjacent to an activating group) is 1. The van der Waals surface area contributed by atoms with E-state index in [2.05, 4.69) is 65.4 Å². The van der Waals surface area contributed by atoms with E-state index in [1.165, 1.54) is 18.4 Å². The fourth-order valence-electron chi connectivity index (χ4n) is 13.0. The van der Waals surface area contributed by atoms with Crippen molar-refractivity contribution < 1.29 is 24.2 Å². The zero-order valence-corrected chi connectivity index (χ0v) is 31.5. The molecule has 2 N–H and O–H groups in total. The molecule has 7 nitrogen and oxygen atoms in total.